The normalized spacial score (nSPS) is 17.0. The standard InChI is InChI=1S/C27H29Cl2NO3/c1-5-32-26-18(4)27-22(23(15-33-27)20-9-8-19(28)12-24(20)29)13-21(26)17(3)11-25(31)30-10-6-7-16(2)14-30/h8-9,11-13,15-16H,5-7,10,14H2,1-4H3/b17-11+. The van der Waals surface area contributed by atoms with Gasteiger partial charge in [-0.3, -0.25) is 4.79 Å². The summed E-state index contributed by atoms with van der Waals surface area (Å²) in [5, 5.41) is 2.05. The summed E-state index contributed by atoms with van der Waals surface area (Å²) in [5.74, 6) is 1.32. The van der Waals surface area contributed by atoms with E-state index in [-0.39, 0.29) is 5.91 Å². The van der Waals surface area contributed by atoms with Crippen molar-refractivity contribution in [3.8, 4) is 16.9 Å². The van der Waals surface area contributed by atoms with Crippen molar-refractivity contribution in [1.29, 1.82) is 0 Å². The van der Waals surface area contributed by atoms with Gasteiger partial charge in [-0.05, 0) is 63.3 Å². The van der Waals surface area contributed by atoms with Crippen LogP contribution in [0.5, 0.6) is 5.75 Å². The zero-order valence-corrected chi connectivity index (χ0v) is 21.0. The number of furan rings is 1. The van der Waals surface area contributed by atoms with Gasteiger partial charge in [-0.15, -0.1) is 0 Å². The van der Waals surface area contributed by atoms with Gasteiger partial charge in [0.2, 0.25) is 5.91 Å². The lowest BCUT2D eigenvalue weighted by molar-refractivity contribution is -0.127. The van der Waals surface area contributed by atoms with Crippen LogP contribution in [0.2, 0.25) is 10.0 Å². The lowest BCUT2D eigenvalue weighted by Crippen LogP contribution is -2.38. The summed E-state index contributed by atoms with van der Waals surface area (Å²) >= 11 is 12.6. The zero-order valence-electron chi connectivity index (χ0n) is 19.5. The molecule has 1 fully saturated rings. The smallest absolute Gasteiger partial charge is 0.246 e. The molecule has 4 nitrogen and oxygen atoms in total. The Morgan fingerprint density at radius 1 is 1.27 bits per heavy atom. The molecule has 0 aliphatic carbocycles. The molecule has 1 atom stereocenters. The molecule has 174 valence electrons. The number of carbonyl (C=O) groups excluding carboxylic acids is 1. The van der Waals surface area contributed by atoms with Crippen molar-refractivity contribution in [2.45, 2.75) is 40.5 Å². The van der Waals surface area contributed by atoms with Crippen molar-refractivity contribution in [1.82, 2.24) is 4.90 Å². The van der Waals surface area contributed by atoms with E-state index in [0.717, 1.165) is 64.1 Å². The molecule has 0 saturated carbocycles. The third-order valence-electron chi connectivity index (χ3n) is 6.29. The number of amides is 1. The Bertz CT molecular complexity index is 1230. The highest BCUT2D eigenvalue weighted by molar-refractivity contribution is 6.36. The molecule has 0 radical (unpaired) electrons. The largest absolute Gasteiger partial charge is 0.493 e. The molecule has 1 saturated heterocycles. The van der Waals surface area contributed by atoms with E-state index in [2.05, 4.69) is 6.92 Å². The molecular formula is C27H29Cl2NO3. The second-order valence-electron chi connectivity index (χ2n) is 8.82. The van der Waals surface area contributed by atoms with Gasteiger partial charge in [0.1, 0.15) is 11.3 Å². The molecule has 0 N–H and O–H groups in total. The number of piperidine rings is 1. The molecule has 6 heteroatoms. The number of likely N-dealkylation sites (tertiary alicyclic amines) is 1. The van der Waals surface area contributed by atoms with Crippen molar-refractivity contribution in [3.63, 3.8) is 0 Å². The highest BCUT2D eigenvalue weighted by Crippen LogP contribution is 2.42. The summed E-state index contributed by atoms with van der Waals surface area (Å²) in [4.78, 5) is 15.0. The number of carbonyl (C=O) groups is 1. The van der Waals surface area contributed by atoms with Crippen LogP contribution in [0, 0.1) is 12.8 Å². The van der Waals surface area contributed by atoms with E-state index < -0.39 is 0 Å². The number of rotatable bonds is 5. The number of ether oxygens (including phenoxy) is 1. The summed E-state index contributed by atoms with van der Waals surface area (Å²) in [7, 11) is 0. The summed E-state index contributed by atoms with van der Waals surface area (Å²) in [6.07, 6.45) is 5.67. The van der Waals surface area contributed by atoms with Crippen molar-refractivity contribution in [2.24, 2.45) is 5.92 Å². The average Bonchev–Trinajstić information content (AvgIpc) is 3.19. The number of hydrogen-bond donors (Lipinski definition) is 0. The Balaban J connectivity index is 1.82. The van der Waals surface area contributed by atoms with Crippen LogP contribution in [0.25, 0.3) is 27.7 Å². The molecule has 1 amide bonds. The van der Waals surface area contributed by atoms with Crippen molar-refractivity contribution >= 4 is 45.7 Å². The van der Waals surface area contributed by atoms with E-state index in [0.29, 0.717) is 22.6 Å². The molecular weight excluding hydrogens is 457 g/mol. The van der Waals surface area contributed by atoms with E-state index in [1.165, 1.54) is 6.42 Å². The molecule has 1 unspecified atom stereocenters. The van der Waals surface area contributed by atoms with E-state index in [1.54, 1.807) is 18.4 Å². The SMILES string of the molecule is CCOc1c(/C(C)=C/C(=O)N2CCCC(C)C2)cc2c(-c3ccc(Cl)cc3Cl)coc2c1C. The van der Waals surface area contributed by atoms with Gasteiger partial charge in [0.05, 0.1) is 17.9 Å². The number of nitrogens with zero attached hydrogens (tertiary/aromatic N) is 1. The van der Waals surface area contributed by atoms with Gasteiger partial charge in [-0.2, -0.15) is 0 Å². The van der Waals surface area contributed by atoms with Crippen LogP contribution in [-0.2, 0) is 4.79 Å². The average molecular weight is 486 g/mol. The highest BCUT2D eigenvalue weighted by atomic mass is 35.5. The van der Waals surface area contributed by atoms with Crippen molar-refractivity contribution in [2.75, 3.05) is 19.7 Å². The van der Waals surface area contributed by atoms with Gasteiger partial charge in [0.25, 0.3) is 0 Å². The molecule has 2 aromatic carbocycles. The van der Waals surface area contributed by atoms with Crippen molar-refractivity contribution in [3.05, 3.63) is 57.8 Å². The van der Waals surface area contributed by atoms with Crippen LogP contribution in [0.15, 0.2) is 41.0 Å². The lowest BCUT2D eigenvalue weighted by atomic mass is 9.96. The second kappa shape index (κ2) is 9.82. The summed E-state index contributed by atoms with van der Waals surface area (Å²) in [5.41, 5.74) is 5.10. The predicted molar refractivity (Wildman–Crippen MR) is 136 cm³/mol. The highest BCUT2D eigenvalue weighted by Gasteiger charge is 2.22. The topological polar surface area (TPSA) is 42.7 Å². The number of aryl methyl sites for hydroxylation is 1. The number of allylic oxidation sites excluding steroid dienone is 1. The van der Waals surface area contributed by atoms with Gasteiger partial charge in [0.15, 0.2) is 0 Å². The maximum Gasteiger partial charge on any atom is 0.246 e. The molecule has 1 aliphatic heterocycles. The molecule has 1 aliphatic rings. The van der Waals surface area contributed by atoms with Gasteiger partial charge in [-0.1, -0.05) is 36.2 Å². The van der Waals surface area contributed by atoms with Gasteiger partial charge < -0.3 is 14.1 Å². The third kappa shape index (κ3) is 4.78. The quantitative estimate of drug-likeness (QED) is 0.346. The fraction of sp³-hybridized carbons (Fsp3) is 0.370. The van der Waals surface area contributed by atoms with Crippen LogP contribution >= 0.6 is 23.2 Å². The molecule has 0 bridgehead atoms. The Labute approximate surface area is 205 Å². The van der Waals surface area contributed by atoms with Crippen LogP contribution < -0.4 is 4.74 Å². The maximum absolute atomic E-state index is 13.0. The molecule has 1 aromatic heterocycles. The predicted octanol–water partition coefficient (Wildman–Crippen LogP) is 7.78. The fourth-order valence-electron chi connectivity index (χ4n) is 4.60. The van der Waals surface area contributed by atoms with E-state index in [9.17, 15) is 4.79 Å². The van der Waals surface area contributed by atoms with E-state index >= 15 is 0 Å². The van der Waals surface area contributed by atoms with Crippen LogP contribution in [-0.4, -0.2) is 30.5 Å². The van der Waals surface area contributed by atoms with Gasteiger partial charge in [-0.25, -0.2) is 0 Å². The first-order valence-electron chi connectivity index (χ1n) is 11.4. The zero-order chi connectivity index (χ0) is 23.7. The summed E-state index contributed by atoms with van der Waals surface area (Å²) in [6, 6.07) is 7.47. The molecule has 3 aromatic rings. The first kappa shape index (κ1) is 23.7. The molecule has 0 spiro atoms. The Kier molecular flexibility index (Phi) is 7.06. The summed E-state index contributed by atoms with van der Waals surface area (Å²) < 4.78 is 12.0. The Hall–Kier alpha value is -2.43. The molecule has 33 heavy (non-hydrogen) atoms. The maximum atomic E-state index is 13.0. The Morgan fingerprint density at radius 2 is 2.06 bits per heavy atom. The monoisotopic (exact) mass is 485 g/mol. The second-order valence-corrected chi connectivity index (χ2v) is 9.66. The van der Waals surface area contributed by atoms with E-state index in [1.807, 2.05) is 43.9 Å². The minimum Gasteiger partial charge on any atom is -0.493 e. The lowest BCUT2D eigenvalue weighted by Gasteiger charge is -2.30. The number of benzene rings is 2. The van der Waals surface area contributed by atoms with Crippen molar-refractivity contribution < 1.29 is 13.9 Å². The first-order chi connectivity index (χ1) is 15.8. The first-order valence-corrected chi connectivity index (χ1v) is 12.2. The minimum atomic E-state index is 0.0485. The van der Waals surface area contributed by atoms with Crippen LogP contribution in [0.3, 0.4) is 0 Å². The van der Waals surface area contributed by atoms with Crippen LogP contribution in [0.4, 0.5) is 0 Å². The minimum absolute atomic E-state index is 0.0485. The number of hydrogen-bond acceptors (Lipinski definition) is 3. The van der Waals surface area contributed by atoms with E-state index in [4.69, 9.17) is 32.4 Å². The molecule has 4 rings (SSSR count). The van der Waals surface area contributed by atoms with Crippen LogP contribution in [0.1, 0.15) is 44.7 Å². The Morgan fingerprint density at radius 3 is 2.76 bits per heavy atom. The number of halogens is 2. The molecule has 2 heterocycles. The summed E-state index contributed by atoms with van der Waals surface area (Å²) in [6.45, 7) is 10.2. The third-order valence-corrected chi connectivity index (χ3v) is 6.84. The van der Waals surface area contributed by atoms with Gasteiger partial charge >= 0.3 is 0 Å². The number of fused-ring (bicyclic) bond motifs is 1. The fourth-order valence-corrected chi connectivity index (χ4v) is 5.11. The van der Waals surface area contributed by atoms with Gasteiger partial charge in [0, 0.05) is 51.8 Å².